The van der Waals surface area contributed by atoms with E-state index in [9.17, 15) is 4.79 Å². The molecule has 2 aromatic carbocycles. The second kappa shape index (κ2) is 9.66. The number of unbranched alkanes of at least 4 members (excludes halogenated alkanes) is 2. The van der Waals surface area contributed by atoms with Crippen molar-refractivity contribution in [1.82, 2.24) is 24.3 Å². The summed E-state index contributed by atoms with van der Waals surface area (Å²) in [7, 11) is 2.98. The Kier molecular flexibility index (Phi) is 6.27. The first kappa shape index (κ1) is 22.7. The summed E-state index contributed by atoms with van der Waals surface area (Å²) in [6.45, 7) is 3.66. The van der Waals surface area contributed by atoms with Gasteiger partial charge in [0.2, 0.25) is 0 Å². The number of fused-ring (bicyclic) bond motifs is 2. The van der Waals surface area contributed by atoms with E-state index in [-0.39, 0.29) is 0 Å². The van der Waals surface area contributed by atoms with Gasteiger partial charge in [-0.2, -0.15) is 5.10 Å². The second-order valence-electron chi connectivity index (χ2n) is 8.61. The number of rotatable bonds is 9. The normalized spacial score (nSPS) is 11.4. The van der Waals surface area contributed by atoms with Gasteiger partial charge >= 0.3 is 5.97 Å². The smallest absolute Gasteiger partial charge is 0.338 e. The molecule has 0 fully saturated rings. The summed E-state index contributed by atoms with van der Waals surface area (Å²) < 4.78 is 15.2. The van der Waals surface area contributed by atoms with Crippen LogP contribution in [0.1, 0.15) is 42.1 Å². The number of imidazole rings is 1. The highest BCUT2D eigenvalue weighted by molar-refractivity contribution is 5.97. The highest BCUT2D eigenvalue weighted by atomic mass is 16.5. The number of hydrogen-bond donors (Lipinski definition) is 1. The maximum atomic E-state index is 12.3. The molecule has 5 rings (SSSR count). The summed E-state index contributed by atoms with van der Waals surface area (Å²) in [4.78, 5) is 17.4. The Morgan fingerprint density at radius 1 is 1.09 bits per heavy atom. The van der Waals surface area contributed by atoms with Crippen molar-refractivity contribution in [3.63, 3.8) is 0 Å². The number of H-pyrrole nitrogens is 1. The molecule has 0 amide bonds. The summed E-state index contributed by atoms with van der Waals surface area (Å²) >= 11 is 0. The number of hydrogen-bond acceptors (Lipinski definition) is 5. The van der Waals surface area contributed by atoms with Crippen molar-refractivity contribution in [3.05, 3.63) is 66.0 Å². The number of carbonyl (C=O) groups excluding carboxylic acids is 1. The van der Waals surface area contributed by atoms with Gasteiger partial charge in [0.1, 0.15) is 11.3 Å². The minimum Gasteiger partial charge on any atom is -0.494 e. The number of ether oxygens (including phenoxy) is 2. The van der Waals surface area contributed by atoms with E-state index in [1.807, 2.05) is 12.4 Å². The Bertz CT molecular complexity index is 1480. The van der Waals surface area contributed by atoms with Gasteiger partial charge in [-0.25, -0.2) is 9.78 Å². The molecule has 0 atom stereocenters. The lowest BCUT2D eigenvalue weighted by atomic mass is 10.2. The van der Waals surface area contributed by atoms with Crippen LogP contribution in [0.5, 0.6) is 5.75 Å². The van der Waals surface area contributed by atoms with Crippen LogP contribution in [0.15, 0.2) is 54.9 Å². The minimum atomic E-state index is -0.426. The highest BCUT2D eigenvalue weighted by Gasteiger charge is 2.23. The van der Waals surface area contributed by atoms with E-state index in [2.05, 4.69) is 56.6 Å². The predicted molar refractivity (Wildman–Crippen MR) is 136 cm³/mol. The molecule has 0 radical (unpaired) electrons. The summed E-state index contributed by atoms with van der Waals surface area (Å²) in [5.41, 5.74) is 5.12. The fraction of sp³-hybridized carbons (Fsp3) is 0.296. The lowest BCUT2D eigenvalue weighted by Crippen LogP contribution is -2.07. The molecule has 0 aliphatic rings. The van der Waals surface area contributed by atoms with E-state index in [1.165, 1.54) is 18.0 Å². The second-order valence-corrected chi connectivity index (χ2v) is 8.61. The van der Waals surface area contributed by atoms with E-state index in [0.717, 1.165) is 48.4 Å². The Labute approximate surface area is 203 Å². The van der Waals surface area contributed by atoms with Crippen molar-refractivity contribution in [1.29, 1.82) is 0 Å². The molecule has 0 unspecified atom stereocenters. The van der Waals surface area contributed by atoms with Crippen LogP contribution < -0.4 is 4.74 Å². The van der Waals surface area contributed by atoms with Gasteiger partial charge in [-0.15, -0.1) is 0 Å². The molecule has 3 heterocycles. The van der Waals surface area contributed by atoms with Crippen molar-refractivity contribution in [3.8, 4) is 17.3 Å². The first-order valence-electron chi connectivity index (χ1n) is 11.9. The quantitative estimate of drug-likeness (QED) is 0.229. The van der Waals surface area contributed by atoms with Crippen LogP contribution >= 0.6 is 0 Å². The van der Waals surface area contributed by atoms with Gasteiger partial charge in [0.25, 0.3) is 0 Å². The lowest BCUT2D eigenvalue weighted by molar-refractivity contribution is 0.0600. The molecule has 0 aliphatic carbocycles. The molecule has 8 nitrogen and oxygen atoms in total. The van der Waals surface area contributed by atoms with Crippen molar-refractivity contribution in [2.45, 2.75) is 39.3 Å². The first-order valence-corrected chi connectivity index (χ1v) is 11.9. The molecule has 3 aromatic heterocycles. The number of para-hydroxylation sites is 1. The summed E-state index contributed by atoms with van der Waals surface area (Å²) in [5, 5.41) is 8.19. The number of nitrogens with zero attached hydrogens (tertiary/aromatic N) is 4. The molecule has 1 N–H and O–H groups in total. The molecule has 0 aliphatic heterocycles. The van der Waals surface area contributed by atoms with Crippen molar-refractivity contribution in [2.75, 3.05) is 14.2 Å². The first-order chi connectivity index (χ1) is 17.1. The molecule has 0 spiro atoms. The fourth-order valence-electron chi connectivity index (χ4n) is 4.67. The number of benzene rings is 2. The molecular weight excluding hydrogens is 442 g/mol. The number of esters is 1. The van der Waals surface area contributed by atoms with E-state index < -0.39 is 5.97 Å². The van der Waals surface area contributed by atoms with Gasteiger partial charge in [0.05, 0.1) is 43.7 Å². The van der Waals surface area contributed by atoms with Gasteiger partial charge in [-0.3, -0.25) is 5.10 Å². The molecule has 35 heavy (non-hydrogen) atoms. The maximum Gasteiger partial charge on any atom is 0.338 e. The number of methoxy groups -OCH3 is 2. The molecular formula is C27H29N5O3. The molecule has 180 valence electrons. The van der Waals surface area contributed by atoms with Gasteiger partial charge in [0, 0.05) is 29.2 Å². The van der Waals surface area contributed by atoms with Gasteiger partial charge in [-0.1, -0.05) is 38.0 Å². The number of carbonyl (C=O) groups is 1. The average molecular weight is 472 g/mol. The van der Waals surface area contributed by atoms with E-state index in [1.54, 1.807) is 19.2 Å². The van der Waals surface area contributed by atoms with Crippen molar-refractivity contribution < 1.29 is 14.3 Å². The summed E-state index contributed by atoms with van der Waals surface area (Å²) in [6, 6.07) is 14.1. The largest absolute Gasteiger partial charge is 0.494 e. The molecule has 0 saturated carbocycles. The molecule has 0 saturated heterocycles. The number of aromatic amines is 1. The van der Waals surface area contributed by atoms with E-state index in [0.29, 0.717) is 23.4 Å². The third kappa shape index (κ3) is 4.16. The third-order valence-electron chi connectivity index (χ3n) is 6.37. The van der Waals surface area contributed by atoms with Crippen LogP contribution in [0.25, 0.3) is 33.5 Å². The van der Waals surface area contributed by atoms with Crippen molar-refractivity contribution >= 4 is 27.9 Å². The van der Waals surface area contributed by atoms with Gasteiger partial charge < -0.3 is 18.6 Å². The zero-order valence-corrected chi connectivity index (χ0v) is 20.2. The summed E-state index contributed by atoms with van der Waals surface area (Å²) in [5.74, 6) is 0.956. The standard InChI is InChI=1S/C27H29N5O3/c1-4-5-8-11-31-22-10-7-6-9-19(22)13-23(31)26-30-21-12-20(27(33)35-3)14-24(34-2)25(21)32(26)17-18-15-28-29-16-18/h6-7,9-10,12-16H,4-5,8,11,17H2,1-3H3,(H,28,29). The zero-order valence-electron chi connectivity index (χ0n) is 20.2. The van der Waals surface area contributed by atoms with E-state index >= 15 is 0 Å². The van der Waals surface area contributed by atoms with Crippen LogP contribution in [0.2, 0.25) is 0 Å². The number of aromatic nitrogens is 5. The maximum absolute atomic E-state index is 12.3. The van der Waals surface area contributed by atoms with E-state index in [4.69, 9.17) is 14.5 Å². The van der Waals surface area contributed by atoms with Crippen LogP contribution in [0, 0.1) is 0 Å². The third-order valence-corrected chi connectivity index (χ3v) is 6.37. The average Bonchev–Trinajstić information content (AvgIpc) is 3.61. The Balaban J connectivity index is 1.77. The topological polar surface area (TPSA) is 87.0 Å². The molecule has 8 heteroatoms. The Hall–Kier alpha value is -4.07. The van der Waals surface area contributed by atoms with Crippen LogP contribution in [0.3, 0.4) is 0 Å². The summed E-state index contributed by atoms with van der Waals surface area (Å²) in [6.07, 6.45) is 7.08. The predicted octanol–water partition coefficient (Wildman–Crippen LogP) is 5.41. The van der Waals surface area contributed by atoms with Crippen LogP contribution in [-0.4, -0.2) is 44.5 Å². The Morgan fingerprint density at radius 3 is 2.69 bits per heavy atom. The SMILES string of the molecule is CCCCCn1c(-c2nc3cc(C(=O)OC)cc(OC)c3n2Cc2cn[nH]c2)cc2ccccc21. The Morgan fingerprint density at radius 2 is 1.94 bits per heavy atom. The van der Waals surface area contributed by atoms with Gasteiger partial charge in [-0.05, 0) is 30.7 Å². The number of nitrogens with one attached hydrogen (secondary N) is 1. The van der Waals surface area contributed by atoms with Crippen LogP contribution in [0.4, 0.5) is 0 Å². The fourth-order valence-corrected chi connectivity index (χ4v) is 4.67. The highest BCUT2D eigenvalue weighted by Crippen LogP contribution is 2.36. The zero-order chi connectivity index (χ0) is 24.4. The lowest BCUT2D eigenvalue weighted by Gasteiger charge is -2.14. The number of aryl methyl sites for hydroxylation is 1. The van der Waals surface area contributed by atoms with Crippen molar-refractivity contribution in [2.24, 2.45) is 0 Å². The molecule has 0 bridgehead atoms. The van der Waals surface area contributed by atoms with Gasteiger partial charge in [0.15, 0.2) is 5.82 Å². The molecule has 5 aromatic rings. The van der Waals surface area contributed by atoms with Crippen LogP contribution in [-0.2, 0) is 17.8 Å². The minimum absolute atomic E-state index is 0.403. The monoisotopic (exact) mass is 471 g/mol.